The summed E-state index contributed by atoms with van der Waals surface area (Å²) in [6.07, 6.45) is 0.758. The van der Waals surface area contributed by atoms with Crippen LogP contribution in [0, 0.1) is 5.92 Å². The minimum Gasteiger partial charge on any atom is -0.484 e. The van der Waals surface area contributed by atoms with Crippen LogP contribution in [-0.4, -0.2) is 31.6 Å². The molecule has 1 amide bonds. The van der Waals surface area contributed by atoms with Crippen molar-refractivity contribution in [3.05, 3.63) is 28.7 Å². The van der Waals surface area contributed by atoms with E-state index in [9.17, 15) is 9.59 Å². The van der Waals surface area contributed by atoms with Gasteiger partial charge in [-0.1, -0.05) is 36.2 Å². The summed E-state index contributed by atoms with van der Waals surface area (Å²) in [6.45, 7) is 3.69. The average molecular weight is 358 g/mol. The van der Waals surface area contributed by atoms with Gasteiger partial charge in [0.2, 0.25) is 0 Å². The van der Waals surface area contributed by atoms with E-state index in [1.807, 2.05) is 26.0 Å². The first-order valence-electron chi connectivity index (χ1n) is 6.73. The summed E-state index contributed by atoms with van der Waals surface area (Å²) in [4.78, 5) is 23.6. The molecule has 0 fully saturated rings. The van der Waals surface area contributed by atoms with Gasteiger partial charge < -0.3 is 14.8 Å². The lowest BCUT2D eigenvalue weighted by molar-refractivity contribution is -0.146. The Morgan fingerprint density at radius 3 is 2.43 bits per heavy atom. The molecule has 0 unspecified atom stereocenters. The molecule has 21 heavy (non-hydrogen) atoms. The summed E-state index contributed by atoms with van der Waals surface area (Å²) >= 11 is 3.32. The first-order valence-corrected chi connectivity index (χ1v) is 7.52. The van der Waals surface area contributed by atoms with E-state index in [4.69, 9.17) is 9.47 Å². The minimum atomic E-state index is -0.652. The molecule has 2 atom stereocenters. The van der Waals surface area contributed by atoms with Gasteiger partial charge >= 0.3 is 5.97 Å². The summed E-state index contributed by atoms with van der Waals surface area (Å²) in [5.74, 6) is -0.212. The number of hydrogen-bond donors (Lipinski definition) is 1. The number of rotatable bonds is 7. The lowest BCUT2D eigenvalue weighted by atomic mass is 9.99. The van der Waals surface area contributed by atoms with Crippen LogP contribution in [0.2, 0.25) is 0 Å². The van der Waals surface area contributed by atoms with Crippen LogP contribution in [0.3, 0.4) is 0 Å². The third-order valence-electron chi connectivity index (χ3n) is 3.17. The number of carbonyl (C=O) groups excluding carboxylic acids is 2. The highest BCUT2D eigenvalue weighted by Gasteiger charge is 2.26. The van der Waals surface area contributed by atoms with Gasteiger partial charge in [-0.2, -0.15) is 0 Å². The SMILES string of the molecule is CC[C@H](C)[C@H](NC(=O)COc1ccc(Br)cc1)C(=O)OC. The molecule has 0 saturated heterocycles. The number of benzene rings is 1. The van der Waals surface area contributed by atoms with Crippen molar-refractivity contribution in [2.45, 2.75) is 26.3 Å². The number of esters is 1. The number of nitrogens with one attached hydrogen (secondary N) is 1. The van der Waals surface area contributed by atoms with Crippen molar-refractivity contribution in [3.8, 4) is 5.75 Å². The quantitative estimate of drug-likeness (QED) is 0.761. The van der Waals surface area contributed by atoms with E-state index in [2.05, 4.69) is 21.2 Å². The second-order valence-electron chi connectivity index (χ2n) is 4.70. The van der Waals surface area contributed by atoms with Gasteiger partial charge in [-0.3, -0.25) is 4.79 Å². The lowest BCUT2D eigenvalue weighted by Crippen LogP contribution is -2.47. The number of amides is 1. The smallest absolute Gasteiger partial charge is 0.328 e. The maximum atomic E-state index is 11.9. The monoisotopic (exact) mass is 357 g/mol. The zero-order valence-corrected chi connectivity index (χ0v) is 14.0. The van der Waals surface area contributed by atoms with Gasteiger partial charge in [-0.15, -0.1) is 0 Å². The number of halogens is 1. The molecule has 1 aromatic carbocycles. The fourth-order valence-electron chi connectivity index (χ4n) is 1.69. The Kier molecular flexibility index (Phi) is 7.22. The van der Waals surface area contributed by atoms with E-state index in [1.165, 1.54) is 7.11 Å². The van der Waals surface area contributed by atoms with Crippen molar-refractivity contribution < 1.29 is 19.1 Å². The lowest BCUT2D eigenvalue weighted by Gasteiger charge is -2.21. The molecule has 0 radical (unpaired) electrons. The van der Waals surface area contributed by atoms with E-state index in [0.29, 0.717) is 5.75 Å². The molecule has 0 heterocycles. The molecule has 1 N–H and O–H groups in total. The highest BCUT2D eigenvalue weighted by molar-refractivity contribution is 9.10. The van der Waals surface area contributed by atoms with Gasteiger partial charge in [0.1, 0.15) is 11.8 Å². The maximum Gasteiger partial charge on any atom is 0.328 e. The Morgan fingerprint density at radius 1 is 1.29 bits per heavy atom. The Morgan fingerprint density at radius 2 is 1.90 bits per heavy atom. The van der Waals surface area contributed by atoms with Crippen molar-refractivity contribution in [2.75, 3.05) is 13.7 Å². The van der Waals surface area contributed by atoms with Crippen LogP contribution in [0.15, 0.2) is 28.7 Å². The summed E-state index contributed by atoms with van der Waals surface area (Å²) in [5, 5.41) is 2.65. The molecule has 0 saturated carbocycles. The zero-order valence-electron chi connectivity index (χ0n) is 12.4. The van der Waals surface area contributed by atoms with Crippen molar-refractivity contribution in [3.63, 3.8) is 0 Å². The van der Waals surface area contributed by atoms with Crippen molar-refractivity contribution in [1.29, 1.82) is 0 Å². The zero-order chi connectivity index (χ0) is 15.8. The molecule has 1 aromatic rings. The number of ether oxygens (including phenoxy) is 2. The van der Waals surface area contributed by atoms with Crippen molar-refractivity contribution >= 4 is 27.8 Å². The van der Waals surface area contributed by atoms with E-state index in [1.54, 1.807) is 12.1 Å². The Balaban J connectivity index is 2.53. The third kappa shape index (κ3) is 5.75. The summed E-state index contributed by atoms with van der Waals surface area (Å²) in [6, 6.07) is 6.50. The Bertz CT molecular complexity index is 475. The molecule has 0 aliphatic rings. The second kappa shape index (κ2) is 8.67. The van der Waals surface area contributed by atoms with Crippen LogP contribution in [-0.2, 0) is 14.3 Å². The third-order valence-corrected chi connectivity index (χ3v) is 3.70. The van der Waals surface area contributed by atoms with Gasteiger partial charge in [0.05, 0.1) is 7.11 Å². The van der Waals surface area contributed by atoms with Crippen molar-refractivity contribution in [1.82, 2.24) is 5.32 Å². The summed E-state index contributed by atoms with van der Waals surface area (Å²) in [5.41, 5.74) is 0. The van der Waals surface area contributed by atoms with Crippen LogP contribution in [0.1, 0.15) is 20.3 Å². The molecule has 0 bridgehead atoms. The predicted octanol–water partition coefficient (Wildman–Crippen LogP) is 2.53. The topological polar surface area (TPSA) is 64.6 Å². The van der Waals surface area contributed by atoms with Gasteiger partial charge in [0.15, 0.2) is 6.61 Å². The number of methoxy groups -OCH3 is 1. The van der Waals surface area contributed by atoms with Gasteiger partial charge in [-0.25, -0.2) is 4.79 Å². The fraction of sp³-hybridized carbons (Fsp3) is 0.467. The number of carbonyl (C=O) groups is 2. The first-order chi connectivity index (χ1) is 9.97. The largest absolute Gasteiger partial charge is 0.484 e. The van der Waals surface area contributed by atoms with Gasteiger partial charge in [0, 0.05) is 4.47 Å². The predicted molar refractivity (Wildman–Crippen MR) is 83.0 cm³/mol. The molecule has 0 aromatic heterocycles. The molecule has 6 heteroatoms. The molecule has 0 aliphatic carbocycles. The van der Waals surface area contributed by atoms with Crippen LogP contribution in [0.4, 0.5) is 0 Å². The van der Waals surface area contributed by atoms with Crippen molar-refractivity contribution in [2.24, 2.45) is 5.92 Å². The summed E-state index contributed by atoms with van der Waals surface area (Å²) in [7, 11) is 1.31. The van der Waals surface area contributed by atoms with Crippen LogP contribution in [0.25, 0.3) is 0 Å². The highest BCUT2D eigenvalue weighted by Crippen LogP contribution is 2.16. The molecule has 0 aliphatic heterocycles. The molecule has 116 valence electrons. The van der Waals surface area contributed by atoms with E-state index in [-0.39, 0.29) is 18.4 Å². The van der Waals surface area contributed by atoms with E-state index in [0.717, 1.165) is 10.9 Å². The molecule has 0 spiro atoms. The first kappa shape index (κ1) is 17.5. The summed E-state index contributed by atoms with van der Waals surface area (Å²) < 4.78 is 11.0. The number of hydrogen-bond acceptors (Lipinski definition) is 4. The van der Waals surface area contributed by atoms with Crippen LogP contribution < -0.4 is 10.1 Å². The maximum absolute atomic E-state index is 11.9. The van der Waals surface area contributed by atoms with Gasteiger partial charge in [-0.05, 0) is 30.2 Å². The average Bonchev–Trinajstić information content (AvgIpc) is 2.50. The minimum absolute atomic E-state index is 0.00548. The standard InChI is InChI=1S/C15H20BrNO4/c1-4-10(2)14(15(19)20-3)17-13(18)9-21-12-7-5-11(16)6-8-12/h5-8,10,14H,4,9H2,1-3H3,(H,17,18)/t10-,14-/m0/s1. The molecular formula is C15H20BrNO4. The van der Waals surface area contributed by atoms with Crippen LogP contribution >= 0.6 is 15.9 Å². The second-order valence-corrected chi connectivity index (χ2v) is 5.61. The Hall–Kier alpha value is -1.56. The molecule has 5 nitrogen and oxygen atoms in total. The van der Waals surface area contributed by atoms with Gasteiger partial charge in [0.25, 0.3) is 5.91 Å². The van der Waals surface area contributed by atoms with E-state index < -0.39 is 12.0 Å². The molecular weight excluding hydrogens is 338 g/mol. The highest BCUT2D eigenvalue weighted by atomic mass is 79.9. The molecule has 1 rings (SSSR count). The van der Waals surface area contributed by atoms with E-state index >= 15 is 0 Å². The fourth-order valence-corrected chi connectivity index (χ4v) is 1.96. The van der Waals surface area contributed by atoms with Crippen LogP contribution in [0.5, 0.6) is 5.75 Å². The Labute approximate surface area is 133 Å². The normalized spacial score (nSPS) is 13.1.